The lowest BCUT2D eigenvalue weighted by Crippen LogP contribution is -2.59. The van der Waals surface area contributed by atoms with E-state index in [0.717, 1.165) is 28.0 Å². The summed E-state index contributed by atoms with van der Waals surface area (Å²) in [5.74, 6) is -1.71. The fourth-order valence-corrected chi connectivity index (χ4v) is 12.4. The number of thiocarbonyl (C=S) groups is 1. The van der Waals surface area contributed by atoms with Gasteiger partial charge in [-0.3, -0.25) is 24.6 Å². The monoisotopic (exact) mass is 1040 g/mol. The Morgan fingerprint density at radius 3 is 1.56 bits per heavy atom. The Hall–Kier alpha value is -4.94. The second-order valence-corrected chi connectivity index (χ2v) is 21.1. The number of guanidine groups is 1. The summed E-state index contributed by atoms with van der Waals surface area (Å²) in [6.07, 6.45) is -9.19. The zero-order valence-corrected chi connectivity index (χ0v) is 42.9. The van der Waals surface area contributed by atoms with Crippen molar-refractivity contribution in [2.24, 2.45) is 51.0 Å². The highest BCUT2D eigenvalue weighted by molar-refractivity contribution is 7.80. The van der Waals surface area contributed by atoms with Crippen molar-refractivity contribution in [2.45, 2.75) is 141 Å². The minimum Gasteiger partial charge on any atom is -0.400 e. The van der Waals surface area contributed by atoms with Gasteiger partial charge >= 0.3 is 12.4 Å². The number of rotatable bonds is 4. The summed E-state index contributed by atoms with van der Waals surface area (Å²) < 4.78 is 77.4. The fourth-order valence-electron chi connectivity index (χ4n) is 12.1. The van der Waals surface area contributed by atoms with E-state index in [4.69, 9.17) is 41.5 Å². The third kappa shape index (κ3) is 11.2. The van der Waals surface area contributed by atoms with Crippen LogP contribution in [0.3, 0.4) is 0 Å². The molecule has 4 unspecified atom stereocenters. The number of amides is 2. The highest BCUT2D eigenvalue weighted by Gasteiger charge is 2.70. The molecule has 0 bridgehead atoms. The first-order valence-electron chi connectivity index (χ1n) is 23.6. The number of fused-ring (bicyclic) bond motifs is 6. The number of carbonyl (C=O) groups excluding carboxylic acids is 2. The standard InChI is InChI=1S/C22H25F3N4O2.C22H24F3N3O2S.C4H10O2.CH5N.CH4O/c1-12-9-20(10-13(2)17(12)30)11-14-4-5-15(27-3)8-16(14)22(20)18(31)29(19(26)28-22)7-6-21(23,24)25;1-12-9-20(10-13(2)17(12)29)11-14-4-5-15(26-3)8-16(14)22(20)18(30)28(19(31)27-22)7-6-21(23,24)25;1-4(2,3)6-5;2*1-2/h4-5,8,12-13,17,30H,6-7,9-11H2,1-2H3,(H2,26,28);4-5,8,12-13,17,29H,6-7,9-11H2,1-2H3,(H,27,31);5H,1-3H3;2H2,1H3;2H,1H3/t2*12-,13+,17?,20?,22-;;;/m11.../s1. The Balaban J connectivity index is 0.000000264. The van der Waals surface area contributed by atoms with Gasteiger partial charge in [-0.2, -0.15) is 26.3 Å². The molecule has 2 saturated carbocycles. The van der Waals surface area contributed by atoms with Crippen LogP contribution in [-0.2, 0) is 38.4 Å². The number of benzene rings is 2. The van der Waals surface area contributed by atoms with Crippen LogP contribution in [0.1, 0.15) is 109 Å². The Kier molecular flexibility index (Phi) is 18.4. The van der Waals surface area contributed by atoms with Gasteiger partial charge in [0.1, 0.15) is 5.54 Å². The van der Waals surface area contributed by atoms with Crippen molar-refractivity contribution >= 4 is 46.5 Å². The van der Waals surface area contributed by atoms with Crippen LogP contribution < -0.4 is 16.8 Å². The summed E-state index contributed by atoms with van der Waals surface area (Å²) >= 11 is 5.36. The van der Waals surface area contributed by atoms with E-state index in [9.17, 15) is 46.1 Å². The summed E-state index contributed by atoms with van der Waals surface area (Å²) in [6.45, 7) is 26.6. The van der Waals surface area contributed by atoms with Gasteiger partial charge in [0.05, 0.1) is 43.8 Å². The van der Waals surface area contributed by atoms with Gasteiger partial charge in [0, 0.05) is 31.0 Å². The minimum atomic E-state index is -4.43. The lowest BCUT2D eigenvalue weighted by molar-refractivity contribution is -0.306. The Morgan fingerprint density at radius 2 is 1.14 bits per heavy atom. The van der Waals surface area contributed by atoms with Crippen LogP contribution >= 0.6 is 12.2 Å². The molecule has 0 aromatic heterocycles. The molecule has 9 N–H and O–H groups in total. The first kappa shape index (κ1) is 59.6. The van der Waals surface area contributed by atoms with E-state index < -0.39 is 89.8 Å². The number of aliphatic hydroxyl groups excluding tert-OH is 3. The largest absolute Gasteiger partial charge is 0.400 e. The summed E-state index contributed by atoms with van der Waals surface area (Å²) in [5.41, 5.74) is 9.60. The first-order chi connectivity index (χ1) is 33.4. The van der Waals surface area contributed by atoms with Gasteiger partial charge in [-0.05, 0) is 124 Å². The molecule has 72 heavy (non-hydrogen) atoms. The summed E-state index contributed by atoms with van der Waals surface area (Å²) in [7, 11) is 2.50. The van der Waals surface area contributed by atoms with Gasteiger partial charge in [0.25, 0.3) is 11.8 Å². The average molecular weight is 1040 g/mol. The molecular formula is C50H68F6N8O7S. The summed E-state index contributed by atoms with van der Waals surface area (Å²) in [5, 5.41) is 39.1. The summed E-state index contributed by atoms with van der Waals surface area (Å²) in [4.78, 5) is 45.1. The average Bonchev–Trinajstić information content (AvgIpc) is 3.93. The third-order valence-electron chi connectivity index (χ3n) is 14.8. The second kappa shape index (κ2) is 22.3. The Bertz CT molecular complexity index is 2400. The van der Waals surface area contributed by atoms with E-state index in [1.165, 1.54) is 7.05 Å². The third-order valence-corrected chi connectivity index (χ3v) is 15.1. The highest BCUT2D eigenvalue weighted by Crippen LogP contribution is 2.65. The number of halogens is 6. The molecule has 398 valence electrons. The fraction of sp³-hybridized carbons (Fsp3) is 0.640. The number of carbonyl (C=O) groups is 2. The number of nitrogens with one attached hydrogen (secondary N) is 1. The number of alkyl halides is 6. The molecule has 10 atom stereocenters. The summed E-state index contributed by atoms with van der Waals surface area (Å²) in [6, 6.07) is 10.3. The van der Waals surface area contributed by atoms with E-state index in [-0.39, 0.29) is 34.7 Å². The van der Waals surface area contributed by atoms with Gasteiger partial charge in [-0.1, -0.05) is 64.1 Å². The maximum atomic E-state index is 13.9. The zero-order valence-electron chi connectivity index (χ0n) is 42.1. The molecule has 1 saturated heterocycles. The maximum Gasteiger partial charge on any atom is 0.390 e. The van der Waals surface area contributed by atoms with Crippen molar-refractivity contribution < 1.29 is 61.4 Å². The molecule has 15 nitrogen and oxygen atoms in total. The van der Waals surface area contributed by atoms with Crippen molar-refractivity contribution in [1.82, 2.24) is 15.1 Å². The maximum absolute atomic E-state index is 13.9. The quantitative estimate of drug-likeness (QED) is 0.0512. The smallest absolute Gasteiger partial charge is 0.390 e. The number of aliphatic imine (C=N–C) groups is 1. The topological polar surface area (TPSA) is 216 Å². The normalized spacial score (nSPS) is 31.2. The molecule has 3 fully saturated rings. The van der Waals surface area contributed by atoms with Crippen LogP contribution in [0, 0.1) is 47.6 Å². The van der Waals surface area contributed by atoms with E-state index >= 15 is 0 Å². The van der Waals surface area contributed by atoms with Crippen LogP contribution in [0.15, 0.2) is 41.4 Å². The van der Waals surface area contributed by atoms with Gasteiger partial charge in [0.15, 0.2) is 28.0 Å². The van der Waals surface area contributed by atoms with Crippen LogP contribution in [0.5, 0.6) is 0 Å². The predicted molar refractivity (Wildman–Crippen MR) is 262 cm³/mol. The van der Waals surface area contributed by atoms with Gasteiger partial charge in [-0.15, -0.1) is 0 Å². The van der Waals surface area contributed by atoms with Gasteiger partial charge in [0.2, 0.25) is 0 Å². The molecule has 4 aliphatic carbocycles. The van der Waals surface area contributed by atoms with E-state index in [1.54, 1.807) is 51.1 Å². The second-order valence-electron chi connectivity index (χ2n) is 20.7. The Labute approximate surface area is 422 Å². The molecule has 0 radical (unpaired) electrons. The molecular weight excluding hydrogens is 971 g/mol. The number of hydrogen-bond acceptors (Lipinski definition) is 11. The van der Waals surface area contributed by atoms with Crippen molar-refractivity contribution in [1.29, 1.82) is 0 Å². The first-order valence-corrected chi connectivity index (χ1v) is 24.0. The van der Waals surface area contributed by atoms with Crippen LogP contribution in [-0.4, -0.2) is 111 Å². The lowest BCUT2D eigenvalue weighted by atomic mass is 9.56. The molecule has 2 aromatic rings. The van der Waals surface area contributed by atoms with Crippen LogP contribution in [0.25, 0.3) is 9.69 Å². The van der Waals surface area contributed by atoms with Crippen LogP contribution in [0.2, 0.25) is 0 Å². The van der Waals surface area contributed by atoms with Crippen molar-refractivity contribution in [2.75, 3.05) is 27.2 Å². The van der Waals surface area contributed by atoms with E-state index in [0.29, 0.717) is 61.0 Å². The SMILES string of the molecule is CC(C)(C)OO.CN.CO.[C-]#[N+]c1ccc2c(c1)[C@]1(N=C(N)N(CCC(F)(F)F)C1=O)C1(C2)C[C@@H](C)C(O)[C@@H](C)C1.[C-]#[N+]c1ccc2c(c1)[C@]1(NC(=S)N(CCC(F)(F)F)C1=O)C1(C2)C[C@@H](C)C(O)[C@@H](C)C1. The van der Waals surface area contributed by atoms with Gasteiger partial charge < -0.3 is 32.1 Å². The molecule has 2 amide bonds. The van der Waals surface area contributed by atoms with Crippen molar-refractivity contribution in [3.63, 3.8) is 0 Å². The number of nitrogens with two attached hydrogens (primary N) is 2. The van der Waals surface area contributed by atoms with Crippen molar-refractivity contribution in [3.8, 4) is 0 Å². The van der Waals surface area contributed by atoms with E-state index in [2.05, 4.69) is 30.6 Å². The molecule has 8 rings (SSSR count). The molecule has 4 spiro atoms. The van der Waals surface area contributed by atoms with Crippen molar-refractivity contribution in [3.05, 3.63) is 81.5 Å². The van der Waals surface area contributed by atoms with Gasteiger partial charge in [-0.25, -0.2) is 19.6 Å². The number of nitrogens with zero attached hydrogens (tertiary/aromatic N) is 5. The number of hydrogen-bond donors (Lipinski definition) is 7. The van der Waals surface area contributed by atoms with E-state index in [1.807, 2.05) is 33.8 Å². The minimum absolute atomic E-state index is 0.0129. The zero-order chi connectivity index (χ0) is 54.7. The van der Waals surface area contributed by atoms with Crippen LogP contribution in [0.4, 0.5) is 37.7 Å². The molecule has 2 aromatic carbocycles. The lowest BCUT2D eigenvalue weighted by Gasteiger charge is -2.50. The highest BCUT2D eigenvalue weighted by atomic mass is 32.1. The molecule has 6 aliphatic rings. The molecule has 2 aliphatic heterocycles. The predicted octanol–water partition coefficient (Wildman–Crippen LogP) is 8.04. The molecule has 22 heteroatoms. The molecule has 2 heterocycles. The number of aliphatic hydroxyl groups is 3. The Morgan fingerprint density at radius 1 is 0.750 bits per heavy atom.